The second-order valence-electron chi connectivity index (χ2n) is 1.54. The smallest absolute Gasteiger partial charge is 0.111 e. The summed E-state index contributed by atoms with van der Waals surface area (Å²) in [5.41, 5.74) is 0. The zero-order valence-electron chi connectivity index (χ0n) is 4.82. The molecule has 50 valence electrons. The first-order chi connectivity index (χ1) is 4.24. The Hall–Kier alpha value is 0.900. The van der Waals surface area contributed by atoms with Gasteiger partial charge in [0.15, 0.2) is 0 Å². The quantitative estimate of drug-likeness (QED) is 0.689. The highest BCUT2D eigenvalue weighted by Crippen LogP contribution is 2.40. The first kappa shape index (κ1) is 8.00. The first-order valence-corrected chi connectivity index (χ1v) is 5.43. The average molecular weight is 243 g/mol. The Balaban J connectivity index is 3.01. The summed E-state index contributed by atoms with van der Waals surface area (Å²) < 4.78 is 2.16. The van der Waals surface area contributed by atoms with Crippen molar-refractivity contribution in [2.75, 3.05) is 0 Å². The molecule has 1 heterocycles. The number of halogens is 2. The minimum Gasteiger partial charge on any atom is -0.111 e. The summed E-state index contributed by atoms with van der Waals surface area (Å²) in [6.07, 6.45) is 1.09. The zero-order chi connectivity index (χ0) is 6.85. The van der Waals surface area contributed by atoms with Crippen LogP contribution in [0.5, 0.6) is 0 Å². The third-order valence-electron chi connectivity index (χ3n) is 0.958. The van der Waals surface area contributed by atoms with Gasteiger partial charge in [-0.1, -0.05) is 18.5 Å². The molecule has 0 aliphatic carbocycles. The molecule has 0 radical (unpaired) electrons. The van der Waals surface area contributed by atoms with E-state index in [4.69, 9.17) is 11.6 Å². The number of aryl methyl sites for hydroxylation is 1. The molecule has 0 unspecified atom stereocenters. The lowest BCUT2D eigenvalue weighted by atomic mass is 10.5. The van der Waals surface area contributed by atoms with Crippen LogP contribution in [0.2, 0.25) is 4.07 Å². The Morgan fingerprint density at radius 1 is 1.78 bits per heavy atom. The van der Waals surface area contributed by atoms with E-state index in [-0.39, 0.29) is 0 Å². The SMILES string of the molecule is CCc1pc(Cl)sc1Br. The van der Waals surface area contributed by atoms with Crippen LogP contribution in [0.4, 0.5) is 0 Å². The van der Waals surface area contributed by atoms with Crippen molar-refractivity contribution in [1.29, 1.82) is 0 Å². The Kier molecular flexibility index (Phi) is 2.97. The van der Waals surface area contributed by atoms with Gasteiger partial charge in [-0.2, -0.15) is 0 Å². The first-order valence-electron chi connectivity index (χ1n) is 2.54. The van der Waals surface area contributed by atoms with Gasteiger partial charge in [-0.3, -0.25) is 0 Å². The fourth-order valence-corrected chi connectivity index (χ4v) is 4.68. The molecule has 0 saturated carbocycles. The third kappa shape index (κ3) is 1.91. The maximum absolute atomic E-state index is 5.78. The lowest BCUT2D eigenvalue weighted by Gasteiger charge is -1.84. The summed E-state index contributed by atoms with van der Waals surface area (Å²) >= 11 is 10.8. The second kappa shape index (κ2) is 3.34. The van der Waals surface area contributed by atoms with E-state index in [1.54, 1.807) is 11.3 Å². The van der Waals surface area contributed by atoms with E-state index in [9.17, 15) is 0 Å². The molecule has 0 aromatic carbocycles. The van der Waals surface area contributed by atoms with E-state index < -0.39 is 0 Å². The summed E-state index contributed by atoms with van der Waals surface area (Å²) in [5.74, 6) is 0. The molecule has 0 nitrogen and oxygen atoms in total. The van der Waals surface area contributed by atoms with E-state index in [1.165, 1.54) is 17.3 Å². The van der Waals surface area contributed by atoms with Crippen molar-refractivity contribution in [2.24, 2.45) is 0 Å². The predicted octanol–water partition coefficient (Wildman–Crippen LogP) is 4.31. The van der Waals surface area contributed by atoms with Crippen molar-refractivity contribution in [3.05, 3.63) is 13.1 Å². The summed E-state index contributed by atoms with van der Waals surface area (Å²) in [5, 5.41) is 1.39. The van der Waals surface area contributed by atoms with Crippen LogP contribution in [0.1, 0.15) is 12.2 Å². The van der Waals surface area contributed by atoms with Crippen molar-refractivity contribution < 1.29 is 0 Å². The van der Waals surface area contributed by atoms with Gasteiger partial charge in [-0.15, -0.1) is 11.3 Å². The third-order valence-corrected chi connectivity index (χ3v) is 4.99. The van der Waals surface area contributed by atoms with E-state index in [1.807, 2.05) is 0 Å². The maximum atomic E-state index is 5.78. The molecule has 0 aliphatic rings. The van der Waals surface area contributed by atoms with Gasteiger partial charge >= 0.3 is 0 Å². The highest BCUT2D eigenvalue weighted by atomic mass is 79.9. The van der Waals surface area contributed by atoms with Crippen molar-refractivity contribution >= 4 is 47.1 Å². The van der Waals surface area contributed by atoms with Gasteiger partial charge in [-0.25, -0.2) is 0 Å². The van der Waals surface area contributed by atoms with Gasteiger partial charge < -0.3 is 0 Å². The maximum Gasteiger partial charge on any atom is 0.121 e. The molecule has 4 heteroatoms. The molecule has 0 N–H and O–H groups in total. The molecule has 0 atom stereocenters. The Bertz CT molecular complexity index is 211. The Labute approximate surface area is 73.5 Å². The lowest BCUT2D eigenvalue weighted by molar-refractivity contribution is 1.18. The fraction of sp³-hybridized carbons (Fsp3) is 0.400. The van der Waals surface area contributed by atoms with Crippen LogP contribution in [-0.2, 0) is 6.42 Å². The van der Waals surface area contributed by atoms with Gasteiger partial charge in [0, 0.05) is 5.30 Å². The van der Waals surface area contributed by atoms with Crippen LogP contribution in [0.15, 0.2) is 3.79 Å². The molecule has 1 aromatic heterocycles. The predicted molar refractivity (Wildman–Crippen MR) is 48.9 cm³/mol. The summed E-state index contributed by atoms with van der Waals surface area (Å²) in [6, 6.07) is 0. The molecule has 1 rings (SSSR count). The number of hydrogen-bond donors (Lipinski definition) is 0. The summed E-state index contributed by atoms with van der Waals surface area (Å²) in [7, 11) is 1.19. The normalized spacial score (nSPS) is 11.0. The van der Waals surface area contributed by atoms with Crippen LogP contribution in [-0.4, -0.2) is 0 Å². The second-order valence-corrected chi connectivity index (χ2v) is 6.26. The van der Waals surface area contributed by atoms with Crippen LogP contribution >= 0.6 is 47.1 Å². The van der Waals surface area contributed by atoms with Crippen LogP contribution in [0.3, 0.4) is 0 Å². The highest BCUT2D eigenvalue weighted by Gasteiger charge is 2.02. The van der Waals surface area contributed by atoms with Crippen LogP contribution < -0.4 is 0 Å². The molecule has 1 aromatic rings. The van der Waals surface area contributed by atoms with Gasteiger partial charge in [0.2, 0.25) is 0 Å². The minimum atomic E-state index is 0.957. The Morgan fingerprint density at radius 3 is 2.67 bits per heavy atom. The zero-order valence-corrected chi connectivity index (χ0v) is 8.87. The van der Waals surface area contributed by atoms with Crippen LogP contribution in [0, 0.1) is 0 Å². The molecule has 9 heavy (non-hydrogen) atoms. The van der Waals surface area contributed by atoms with E-state index in [0.29, 0.717) is 0 Å². The molecule has 0 bridgehead atoms. The van der Waals surface area contributed by atoms with Gasteiger partial charge in [-0.05, 0) is 30.5 Å². The van der Waals surface area contributed by atoms with E-state index in [2.05, 4.69) is 22.9 Å². The Morgan fingerprint density at radius 2 is 2.44 bits per heavy atom. The standard InChI is InChI=1S/C5H5BrClPS/c1-2-3-4(6)9-5(7)8-3/h2H2,1H3. The summed E-state index contributed by atoms with van der Waals surface area (Å²) in [6.45, 7) is 2.14. The monoisotopic (exact) mass is 242 g/mol. The highest BCUT2D eigenvalue weighted by molar-refractivity contribution is 9.11. The summed E-state index contributed by atoms with van der Waals surface area (Å²) in [4.78, 5) is 0. The molecular formula is C5H5BrClPS. The fourth-order valence-electron chi connectivity index (χ4n) is 0.524. The lowest BCUT2D eigenvalue weighted by Crippen LogP contribution is -1.66. The van der Waals surface area contributed by atoms with E-state index >= 15 is 0 Å². The molecule has 0 saturated heterocycles. The van der Waals surface area contributed by atoms with Gasteiger partial charge in [0.25, 0.3) is 0 Å². The molecular weight excluding hydrogens is 238 g/mol. The molecule has 0 aliphatic heterocycles. The molecule has 0 spiro atoms. The van der Waals surface area contributed by atoms with Crippen molar-refractivity contribution in [1.82, 2.24) is 0 Å². The molecule has 0 fully saturated rings. The van der Waals surface area contributed by atoms with Crippen molar-refractivity contribution in [3.63, 3.8) is 0 Å². The van der Waals surface area contributed by atoms with E-state index in [0.717, 1.165) is 10.5 Å². The average Bonchev–Trinajstić information content (AvgIpc) is 2.10. The van der Waals surface area contributed by atoms with Gasteiger partial charge in [0.05, 0.1) is 3.79 Å². The van der Waals surface area contributed by atoms with Crippen LogP contribution in [0.25, 0.3) is 0 Å². The topological polar surface area (TPSA) is 0 Å². The van der Waals surface area contributed by atoms with Crippen molar-refractivity contribution in [3.8, 4) is 0 Å². The van der Waals surface area contributed by atoms with Crippen molar-refractivity contribution in [2.45, 2.75) is 13.3 Å². The minimum absolute atomic E-state index is 0.957. The number of hydrogen-bond acceptors (Lipinski definition) is 1. The largest absolute Gasteiger partial charge is 0.121 e. The molecule has 0 amide bonds. The number of rotatable bonds is 1. The van der Waals surface area contributed by atoms with Gasteiger partial charge in [0.1, 0.15) is 4.07 Å².